The van der Waals surface area contributed by atoms with E-state index in [2.05, 4.69) is 26.1 Å². The SMILES string of the molecule is Oc1cccc2[nH]nc(-c3cccc(Br)c3)c12. The average molecular weight is 289 g/mol. The van der Waals surface area contributed by atoms with Gasteiger partial charge < -0.3 is 5.11 Å². The van der Waals surface area contributed by atoms with Gasteiger partial charge in [0.25, 0.3) is 0 Å². The molecule has 0 amide bonds. The highest BCUT2D eigenvalue weighted by Gasteiger charge is 2.11. The summed E-state index contributed by atoms with van der Waals surface area (Å²) < 4.78 is 0.988. The van der Waals surface area contributed by atoms with E-state index in [1.807, 2.05) is 30.3 Å². The minimum atomic E-state index is 0.242. The molecule has 0 spiro atoms. The molecule has 1 heterocycles. The van der Waals surface area contributed by atoms with Crippen molar-refractivity contribution >= 4 is 26.8 Å². The molecule has 3 rings (SSSR count). The molecule has 2 N–H and O–H groups in total. The molecule has 0 aliphatic carbocycles. The molecule has 3 nitrogen and oxygen atoms in total. The molecule has 0 saturated carbocycles. The molecule has 3 aromatic rings. The fourth-order valence-corrected chi connectivity index (χ4v) is 2.30. The van der Waals surface area contributed by atoms with Crippen LogP contribution in [0.4, 0.5) is 0 Å². The first-order valence-electron chi connectivity index (χ1n) is 5.18. The molecule has 0 atom stereocenters. The topological polar surface area (TPSA) is 48.9 Å². The van der Waals surface area contributed by atoms with Gasteiger partial charge in [-0.1, -0.05) is 34.1 Å². The Labute approximate surface area is 106 Å². The third-order valence-corrected chi connectivity index (χ3v) is 3.16. The molecule has 0 aliphatic heterocycles. The number of phenols is 1. The van der Waals surface area contributed by atoms with Crippen LogP contribution < -0.4 is 0 Å². The molecule has 0 unspecified atom stereocenters. The molecule has 84 valence electrons. The van der Waals surface area contributed by atoms with Gasteiger partial charge in [-0.2, -0.15) is 5.10 Å². The quantitative estimate of drug-likeness (QED) is 0.717. The first kappa shape index (κ1) is 10.4. The maximum Gasteiger partial charge on any atom is 0.127 e. The number of nitrogens with zero attached hydrogens (tertiary/aromatic N) is 1. The molecule has 17 heavy (non-hydrogen) atoms. The fourth-order valence-electron chi connectivity index (χ4n) is 1.90. The summed E-state index contributed by atoms with van der Waals surface area (Å²) in [6, 6.07) is 13.2. The Hall–Kier alpha value is -1.81. The maximum atomic E-state index is 9.90. The Morgan fingerprint density at radius 3 is 2.76 bits per heavy atom. The lowest BCUT2D eigenvalue weighted by atomic mass is 10.1. The van der Waals surface area contributed by atoms with Gasteiger partial charge in [0.2, 0.25) is 0 Å². The van der Waals surface area contributed by atoms with E-state index in [1.165, 1.54) is 0 Å². The summed E-state index contributed by atoms with van der Waals surface area (Å²) >= 11 is 3.43. The molecule has 0 fully saturated rings. The van der Waals surface area contributed by atoms with Crippen molar-refractivity contribution in [3.05, 3.63) is 46.9 Å². The van der Waals surface area contributed by atoms with Gasteiger partial charge in [0.15, 0.2) is 0 Å². The van der Waals surface area contributed by atoms with Crippen molar-refractivity contribution in [3.8, 4) is 17.0 Å². The summed E-state index contributed by atoms with van der Waals surface area (Å²) in [7, 11) is 0. The highest BCUT2D eigenvalue weighted by Crippen LogP contribution is 2.33. The van der Waals surface area contributed by atoms with Crippen LogP contribution >= 0.6 is 15.9 Å². The van der Waals surface area contributed by atoms with Gasteiger partial charge in [-0.3, -0.25) is 5.10 Å². The van der Waals surface area contributed by atoms with E-state index >= 15 is 0 Å². The fraction of sp³-hybridized carbons (Fsp3) is 0. The largest absolute Gasteiger partial charge is 0.507 e. The third-order valence-electron chi connectivity index (χ3n) is 2.67. The minimum absolute atomic E-state index is 0.242. The molecule has 0 bridgehead atoms. The Bertz CT molecular complexity index is 691. The molecule has 0 aliphatic rings. The second kappa shape index (κ2) is 3.89. The van der Waals surface area contributed by atoms with E-state index in [0.29, 0.717) is 0 Å². The number of hydrogen-bond acceptors (Lipinski definition) is 2. The van der Waals surface area contributed by atoms with Crippen LogP contribution in [0, 0.1) is 0 Å². The lowest BCUT2D eigenvalue weighted by Gasteiger charge is -2.00. The van der Waals surface area contributed by atoms with Gasteiger partial charge >= 0.3 is 0 Å². The van der Waals surface area contributed by atoms with Gasteiger partial charge in [0.1, 0.15) is 11.4 Å². The number of benzene rings is 2. The molecule has 0 radical (unpaired) electrons. The van der Waals surface area contributed by atoms with Gasteiger partial charge in [-0.15, -0.1) is 0 Å². The zero-order valence-corrected chi connectivity index (χ0v) is 10.4. The van der Waals surface area contributed by atoms with Crippen molar-refractivity contribution in [2.75, 3.05) is 0 Å². The van der Waals surface area contributed by atoms with Crippen LogP contribution in [0.5, 0.6) is 5.75 Å². The van der Waals surface area contributed by atoms with Crippen LogP contribution in [0.15, 0.2) is 46.9 Å². The first-order valence-corrected chi connectivity index (χ1v) is 5.97. The van der Waals surface area contributed by atoms with Crippen LogP contribution in [0.2, 0.25) is 0 Å². The number of nitrogens with one attached hydrogen (secondary N) is 1. The zero-order chi connectivity index (χ0) is 11.8. The summed E-state index contributed by atoms with van der Waals surface area (Å²) in [5.41, 5.74) is 2.56. The standard InChI is InChI=1S/C13H9BrN2O/c14-9-4-1-3-8(7-9)13-12-10(15-16-13)5-2-6-11(12)17/h1-7,17H,(H,15,16). The zero-order valence-electron chi connectivity index (χ0n) is 8.81. The summed E-state index contributed by atoms with van der Waals surface area (Å²) in [6.07, 6.45) is 0. The Kier molecular flexibility index (Phi) is 2.37. The van der Waals surface area contributed by atoms with Crippen LogP contribution in [0.25, 0.3) is 22.2 Å². The smallest absolute Gasteiger partial charge is 0.127 e. The number of fused-ring (bicyclic) bond motifs is 1. The number of aromatic amines is 1. The highest BCUT2D eigenvalue weighted by molar-refractivity contribution is 9.10. The van der Waals surface area contributed by atoms with Crippen LogP contribution in [-0.2, 0) is 0 Å². The van der Waals surface area contributed by atoms with Gasteiger partial charge in [-0.25, -0.2) is 0 Å². The molecule has 0 saturated heterocycles. The lowest BCUT2D eigenvalue weighted by Crippen LogP contribution is -1.79. The maximum absolute atomic E-state index is 9.90. The van der Waals surface area contributed by atoms with Crippen molar-refractivity contribution in [1.82, 2.24) is 10.2 Å². The second-order valence-corrected chi connectivity index (χ2v) is 4.70. The highest BCUT2D eigenvalue weighted by atomic mass is 79.9. The number of aromatic hydroxyl groups is 1. The first-order chi connectivity index (χ1) is 8.25. The number of aromatic nitrogens is 2. The van der Waals surface area contributed by atoms with Crippen molar-refractivity contribution in [2.24, 2.45) is 0 Å². The Morgan fingerprint density at radius 2 is 1.94 bits per heavy atom. The summed E-state index contributed by atoms with van der Waals surface area (Å²) in [6.45, 7) is 0. The van der Waals surface area contributed by atoms with E-state index < -0.39 is 0 Å². The van der Waals surface area contributed by atoms with Crippen molar-refractivity contribution < 1.29 is 5.11 Å². The van der Waals surface area contributed by atoms with E-state index in [4.69, 9.17) is 0 Å². The number of phenolic OH excluding ortho intramolecular Hbond substituents is 1. The number of halogens is 1. The normalized spacial score (nSPS) is 10.9. The van der Waals surface area contributed by atoms with Crippen molar-refractivity contribution in [3.63, 3.8) is 0 Å². The number of hydrogen-bond donors (Lipinski definition) is 2. The average Bonchev–Trinajstić information content (AvgIpc) is 2.74. The van der Waals surface area contributed by atoms with E-state index in [9.17, 15) is 5.11 Å². The summed E-state index contributed by atoms with van der Waals surface area (Å²) in [4.78, 5) is 0. The van der Waals surface area contributed by atoms with Gasteiger partial charge in [0.05, 0.1) is 10.9 Å². The Morgan fingerprint density at radius 1 is 1.12 bits per heavy atom. The van der Waals surface area contributed by atoms with Gasteiger partial charge in [0, 0.05) is 10.0 Å². The van der Waals surface area contributed by atoms with Crippen LogP contribution in [0.1, 0.15) is 0 Å². The molecule has 4 heteroatoms. The molecule has 2 aromatic carbocycles. The monoisotopic (exact) mass is 288 g/mol. The lowest BCUT2D eigenvalue weighted by molar-refractivity contribution is 0.482. The van der Waals surface area contributed by atoms with Crippen molar-refractivity contribution in [1.29, 1.82) is 0 Å². The predicted octanol–water partition coefficient (Wildman–Crippen LogP) is 3.70. The molecular weight excluding hydrogens is 280 g/mol. The Balaban J connectivity index is 2.31. The van der Waals surface area contributed by atoms with Gasteiger partial charge in [-0.05, 0) is 24.3 Å². The molecular formula is C13H9BrN2O. The molecule has 1 aromatic heterocycles. The number of H-pyrrole nitrogens is 1. The van der Waals surface area contributed by atoms with E-state index in [1.54, 1.807) is 12.1 Å². The minimum Gasteiger partial charge on any atom is -0.507 e. The number of rotatable bonds is 1. The summed E-state index contributed by atoms with van der Waals surface area (Å²) in [5, 5.41) is 17.8. The van der Waals surface area contributed by atoms with Crippen molar-refractivity contribution in [2.45, 2.75) is 0 Å². The van der Waals surface area contributed by atoms with Crippen LogP contribution in [0.3, 0.4) is 0 Å². The van der Waals surface area contributed by atoms with E-state index in [0.717, 1.165) is 26.6 Å². The summed E-state index contributed by atoms with van der Waals surface area (Å²) in [5.74, 6) is 0.242. The van der Waals surface area contributed by atoms with E-state index in [-0.39, 0.29) is 5.75 Å². The van der Waals surface area contributed by atoms with Crippen LogP contribution in [-0.4, -0.2) is 15.3 Å². The predicted molar refractivity (Wildman–Crippen MR) is 70.9 cm³/mol. The second-order valence-electron chi connectivity index (χ2n) is 3.78. The third kappa shape index (κ3) is 1.70.